The fourth-order valence-corrected chi connectivity index (χ4v) is 4.82. The first kappa shape index (κ1) is 17.4. The lowest BCUT2D eigenvalue weighted by molar-refractivity contribution is 0.590. The number of anilines is 2. The van der Waals surface area contributed by atoms with Gasteiger partial charge in [-0.1, -0.05) is 18.2 Å². The maximum atomic E-state index is 13.5. The largest absolute Gasteiger partial charge is 0.338 e. The van der Waals surface area contributed by atoms with Crippen molar-refractivity contribution in [2.45, 2.75) is 4.90 Å². The van der Waals surface area contributed by atoms with Crippen molar-refractivity contribution in [2.24, 2.45) is 7.05 Å². The van der Waals surface area contributed by atoms with Crippen molar-refractivity contribution in [1.29, 1.82) is 0 Å². The number of aryl methyl sites for hydroxylation is 1. The quantitative estimate of drug-likeness (QED) is 0.494. The summed E-state index contributed by atoms with van der Waals surface area (Å²) in [6, 6.07) is 12.2. The molecule has 0 saturated carbocycles. The van der Waals surface area contributed by atoms with Gasteiger partial charge >= 0.3 is 0 Å². The molecule has 0 unspecified atom stereocenters. The zero-order valence-corrected chi connectivity index (χ0v) is 16.2. The third kappa shape index (κ3) is 2.92. The number of aromatic nitrogens is 5. The second-order valence-corrected chi connectivity index (χ2v) is 8.39. The molecule has 0 atom stereocenters. The monoisotopic (exact) mass is 404 g/mol. The van der Waals surface area contributed by atoms with Gasteiger partial charge in [0.05, 0.1) is 22.9 Å². The third-order valence-electron chi connectivity index (χ3n) is 4.65. The van der Waals surface area contributed by atoms with Gasteiger partial charge < -0.3 is 5.32 Å². The van der Waals surface area contributed by atoms with Crippen LogP contribution < -0.4 is 5.32 Å². The van der Waals surface area contributed by atoms with E-state index in [0.29, 0.717) is 16.9 Å². The molecule has 144 valence electrons. The van der Waals surface area contributed by atoms with E-state index >= 15 is 0 Å². The van der Waals surface area contributed by atoms with E-state index in [1.807, 2.05) is 25.4 Å². The molecule has 4 aromatic heterocycles. The number of pyridine rings is 2. The first-order valence-corrected chi connectivity index (χ1v) is 10.3. The van der Waals surface area contributed by atoms with Crippen molar-refractivity contribution in [3.05, 3.63) is 73.4 Å². The molecule has 0 bridgehead atoms. The van der Waals surface area contributed by atoms with E-state index in [0.717, 1.165) is 16.5 Å². The number of hydrogen-bond donors (Lipinski definition) is 1. The molecule has 0 spiro atoms. The fourth-order valence-electron chi connectivity index (χ4n) is 3.30. The minimum absolute atomic E-state index is 0.159. The molecule has 5 rings (SSSR count). The van der Waals surface area contributed by atoms with E-state index in [2.05, 4.69) is 20.4 Å². The predicted octanol–water partition coefficient (Wildman–Crippen LogP) is 3.30. The molecule has 29 heavy (non-hydrogen) atoms. The number of fused-ring (bicyclic) bond motifs is 2. The lowest BCUT2D eigenvalue weighted by Gasteiger charge is -2.10. The average molecular weight is 404 g/mol. The highest BCUT2D eigenvalue weighted by Gasteiger charge is 2.22. The highest BCUT2D eigenvalue weighted by atomic mass is 32.2. The summed E-state index contributed by atoms with van der Waals surface area (Å²) in [5.41, 5.74) is 1.73. The summed E-state index contributed by atoms with van der Waals surface area (Å²) >= 11 is 0. The van der Waals surface area contributed by atoms with Crippen LogP contribution in [0.1, 0.15) is 0 Å². The summed E-state index contributed by atoms with van der Waals surface area (Å²) in [5, 5.41) is 8.74. The van der Waals surface area contributed by atoms with Crippen molar-refractivity contribution in [1.82, 2.24) is 23.7 Å². The Morgan fingerprint density at radius 2 is 1.86 bits per heavy atom. The minimum Gasteiger partial charge on any atom is -0.338 e. The molecule has 0 radical (unpaired) electrons. The lowest BCUT2D eigenvalue weighted by Crippen LogP contribution is -2.12. The number of para-hydroxylation sites is 1. The van der Waals surface area contributed by atoms with Crippen molar-refractivity contribution < 1.29 is 8.42 Å². The molecule has 0 fully saturated rings. The fraction of sp³-hybridized carbons (Fsp3) is 0.0500. The first-order chi connectivity index (χ1) is 14.0. The summed E-state index contributed by atoms with van der Waals surface area (Å²) in [6.07, 6.45) is 8.25. The van der Waals surface area contributed by atoms with Gasteiger partial charge in [0.2, 0.25) is 0 Å². The second kappa shape index (κ2) is 6.42. The molecule has 5 aromatic rings. The van der Waals surface area contributed by atoms with Gasteiger partial charge in [0, 0.05) is 48.7 Å². The summed E-state index contributed by atoms with van der Waals surface area (Å²) in [6.45, 7) is 0. The van der Waals surface area contributed by atoms with Crippen LogP contribution in [0.25, 0.3) is 21.8 Å². The van der Waals surface area contributed by atoms with Crippen LogP contribution in [0, 0.1) is 0 Å². The van der Waals surface area contributed by atoms with Crippen LogP contribution in [0.3, 0.4) is 0 Å². The van der Waals surface area contributed by atoms with Gasteiger partial charge in [0.25, 0.3) is 10.0 Å². The van der Waals surface area contributed by atoms with E-state index in [9.17, 15) is 8.42 Å². The zero-order valence-electron chi connectivity index (χ0n) is 15.4. The molecule has 0 aliphatic heterocycles. The van der Waals surface area contributed by atoms with E-state index in [1.165, 1.54) is 10.2 Å². The summed E-state index contributed by atoms with van der Waals surface area (Å²) < 4.78 is 29.9. The molecule has 4 heterocycles. The average Bonchev–Trinajstić information content (AvgIpc) is 3.33. The molecule has 1 aromatic carbocycles. The van der Waals surface area contributed by atoms with Crippen molar-refractivity contribution in [2.75, 3.05) is 5.32 Å². The van der Waals surface area contributed by atoms with Gasteiger partial charge in [0.15, 0.2) is 0 Å². The summed E-state index contributed by atoms with van der Waals surface area (Å²) in [7, 11) is -2.03. The number of nitrogens with one attached hydrogen (secondary N) is 1. The van der Waals surface area contributed by atoms with Gasteiger partial charge in [-0.15, -0.1) is 0 Å². The third-order valence-corrected chi connectivity index (χ3v) is 6.37. The Balaban J connectivity index is 1.64. The Kier molecular flexibility index (Phi) is 3.85. The van der Waals surface area contributed by atoms with Gasteiger partial charge in [0.1, 0.15) is 10.7 Å². The van der Waals surface area contributed by atoms with Gasteiger partial charge in [-0.3, -0.25) is 9.67 Å². The van der Waals surface area contributed by atoms with Crippen LogP contribution in [0.4, 0.5) is 11.5 Å². The molecule has 0 amide bonds. The van der Waals surface area contributed by atoms with Crippen LogP contribution in [0.2, 0.25) is 0 Å². The van der Waals surface area contributed by atoms with Gasteiger partial charge in [-0.2, -0.15) is 5.10 Å². The highest BCUT2D eigenvalue weighted by Crippen LogP contribution is 2.28. The number of rotatable bonds is 4. The Bertz CT molecular complexity index is 1460. The number of hydrogen-bond acceptors (Lipinski definition) is 6. The standard InChI is InChI=1S/C20H16N6O2S/c1-25-13-16(12-23-25)24-19-10-17-15(11-22-19)7-9-26(17)29(27,28)18-6-2-4-14-5-3-8-21-20(14)18/h2-13H,1H3,(H,22,24). The first-order valence-electron chi connectivity index (χ1n) is 8.84. The number of benzene rings is 1. The summed E-state index contributed by atoms with van der Waals surface area (Å²) in [4.78, 5) is 8.81. The maximum Gasteiger partial charge on any atom is 0.270 e. The van der Waals surface area contributed by atoms with E-state index in [1.54, 1.807) is 53.6 Å². The predicted molar refractivity (Wildman–Crippen MR) is 111 cm³/mol. The Hall–Kier alpha value is -3.72. The molecule has 0 aliphatic carbocycles. The minimum atomic E-state index is -3.85. The normalized spacial score (nSPS) is 11.9. The smallest absolute Gasteiger partial charge is 0.270 e. The van der Waals surface area contributed by atoms with Crippen molar-refractivity contribution in [3.8, 4) is 0 Å². The molecule has 1 N–H and O–H groups in total. The van der Waals surface area contributed by atoms with Crippen LogP contribution in [-0.2, 0) is 17.1 Å². The molecule has 8 nitrogen and oxygen atoms in total. The Labute approximate surface area is 166 Å². The van der Waals surface area contributed by atoms with Crippen LogP contribution in [0.5, 0.6) is 0 Å². The second-order valence-electron chi connectivity index (χ2n) is 6.60. The van der Waals surface area contributed by atoms with E-state index in [-0.39, 0.29) is 4.90 Å². The molecule has 9 heteroatoms. The van der Waals surface area contributed by atoms with Gasteiger partial charge in [-0.05, 0) is 18.2 Å². The SMILES string of the molecule is Cn1cc(Nc2cc3c(ccn3S(=O)(=O)c3cccc4cccnc34)cn2)cn1. The lowest BCUT2D eigenvalue weighted by atomic mass is 10.2. The Morgan fingerprint density at radius 3 is 2.69 bits per heavy atom. The number of nitrogens with zero attached hydrogens (tertiary/aromatic N) is 5. The van der Waals surface area contributed by atoms with Crippen LogP contribution in [0.15, 0.2) is 78.3 Å². The molecule has 0 aliphatic rings. The van der Waals surface area contributed by atoms with Crippen LogP contribution >= 0.6 is 0 Å². The molecular formula is C20H16N6O2S. The van der Waals surface area contributed by atoms with E-state index in [4.69, 9.17) is 0 Å². The summed E-state index contributed by atoms with van der Waals surface area (Å²) in [5.74, 6) is 0.525. The van der Waals surface area contributed by atoms with E-state index < -0.39 is 10.0 Å². The molecule has 0 saturated heterocycles. The van der Waals surface area contributed by atoms with Crippen molar-refractivity contribution in [3.63, 3.8) is 0 Å². The van der Waals surface area contributed by atoms with Crippen molar-refractivity contribution >= 4 is 43.3 Å². The van der Waals surface area contributed by atoms with Gasteiger partial charge in [-0.25, -0.2) is 17.4 Å². The van der Waals surface area contributed by atoms with Crippen LogP contribution in [-0.4, -0.2) is 32.1 Å². The maximum absolute atomic E-state index is 13.5. The highest BCUT2D eigenvalue weighted by molar-refractivity contribution is 7.90. The molecular weight excluding hydrogens is 388 g/mol. The Morgan fingerprint density at radius 1 is 1.00 bits per heavy atom. The topological polar surface area (TPSA) is 94.7 Å². The zero-order chi connectivity index (χ0) is 20.0.